The second kappa shape index (κ2) is 11.7. The van der Waals surface area contributed by atoms with Gasteiger partial charge in [-0.3, -0.25) is 4.79 Å². The van der Waals surface area contributed by atoms with Crippen LogP contribution in [0, 0.1) is 0 Å². The fourth-order valence-electron chi connectivity index (χ4n) is 3.54. The van der Waals surface area contributed by atoms with E-state index >= 15 is 0 Å². The predicted octanol–water partition coefficient (Wildman–Crippen LogP) is 5.78. The van der Waals surface area contributed by atoms with Gasteiger partial charge in [0.1, 0.15) is 5.75 Å². The number of carbonyl (C=O) groups is 1. The molecule has 3 rings (SSSR count). The third-order valence-electron chi connectivity index (χ3n) is 5.32. The molecule has 0 radical (unpaired) electrons. The van der Waals surface area contributed by atoms with Crippen LogP contribution in [-0.2, 0) is 27.7 Å². The maximum absolute atomic E-state index is 13.4. The smallest absolute Gasteiger partial charge is 0.278 e. The van der Waals surface area contributed by atoms with Gasteiger partial charge in [-0.05, 0) is 66.8 Å². The van der Waals surface area contributed by atoms with E-state index in [-0.39, 0.29) is 4.90 Å². The van der Waals surface area contributed by atoms with Crippen LogP contribution in [-0.4, -0.2) is 20.9 Å². The predicted molar refractivity (Wildman–Crippen MR) is 132 cm³/mol. The zero-order valence-corrected chi connectivity index (χ0v) is 20.1. The second-order valence-electron chi connectivity index (χ2n) is 7.93. The standard InChI is InChI=1S/C27H31NO4S/c1-3-5-10-23-13-17-24(18-14-23)28(33(30,31)26-11-7-6-8-12-26)27(29)21-32-25-19-15-22(9-4-2)16-20-25/h6-8,11-20H,3-5,9-10,21H2,1-2H3. The van der Waals surface area contributed by atoms with E-state index in [0.717, 1.165) is 42.0 Å². The van der Waals surface area contributed by atoms with Gasteiger partial charge in [0, 0.05) is 0 Å². The lowest BCUT2D eigenvalue weighted by atomic mass is 10.1. The minimum atomic E-state index is -4.10. The van der Waals surface area contributed by atoms with Crippen molar-refractivity contribution in [1.29, 1.82) is 0 Å². The molecule has 0 aromatic heterocycles. The molecule has 0 saturated carbocycles. The second-order valence-corrected chi connectivity index (χ2v) is 9.72. The Kier molecular flexibility index (Phi) is 8.66. The highest BCUT2D eigenvalue weighted by molar-refractivity contribution is 7.93. The Morgan fingerprint density at radius 1 is 0.788 bits per heavy atom. The molecule has 0 aliphatic heterocycles. The largest absolute Gasteiger partial charge is 0.484 e. The molecule has 0 heterocycles. The minimum Gasteiger partial charge on any atom is -0.484 e. The average molecular weight is 466 g/mol. The minimum absolute atomic E-state index is 0.0531. The number of benzene rings is 3. The first-order chi connectivity index (χ1) is 16.0. The summed E-state index contributed by atoms with van der Waals surface area (Å²) >= 11 is 0. The van der Waals surface area contributed by atoms with Crippen molar-refractivity contribution in [1.82, 2.24) is 0 Å². The quantitative estimate of drug-likeness (QED) is 0.360. The number of rotatable bonds is 11. The first-order valence-corrected chi connectivity index (χ1v) is 12.8. The lowest BCUT2D eigenvalue weighted by molar-refractivity contribution is -0.119. The van der Waals surface area contributed by atoms with Crippen molar-refractivity contribution in [2.24, 2.45) is 0 Å². The summed E-state index contributed by atoms with van der Waals surface area (Å²) in [5.74, 6) is -0.132. The SMILES string of the molecule is CCCCc1ccc(N(C(=O)COc2ccc(CCC)cc2)S(=O)(=O)c2ccccc2)cc1. The van der Waals surface area contributed by atoms with E-state index in [1.54, 1.807) is 42.5 Å². The molecule has 6 heteroatoms. The fraction of sp³-hybridized carbons (Fsp3) is 0.296. The number of amides is 1. The summed E-state index contributed by atoms with van der Waals surface area (Å²) in [6, 6.07) is 22.6. The van der Waals surface area contributed by atoms with Crippen molar-refractivity contribution in [3.63, 3.8) is 0 Å². The van der Waals surface area contributed by atoms with Crippen LogP contribution in [0.5, 0.6) is 5.75 Å². The lowest BCUT2D eigenvalue weighted by Crippen LogP contribution is -2.40. The average Bonchev–Trinajstić information content (AvgIpc) is 2.84. The fourth-order valence-corrected chi connectivity index (χ4v) is 4.97. The Hall–Kier alpha value is -3.12. The highest BCUT2D eigenvalue weighted by atomic mass is 32.2. The van der Waals surface area contributed by atoms with Crippen molar-refractivity contribution >= 4 is 21.6 Å². The van der Waals surface area contributed by atoms with Crippen LogP contribution in [0.3, 0.4) is 0 Å². The Labute approximate surface area is 197 Å². The number of hydrogen-bond acceptors (Lipinski definition) is 4. The molecular formula is C27H31NO4S. The van der Waals surface area contributed by atoms with Crippen molar-refractivity contribution in [2.45, 2.75) is 50.8 Å². The van der Waals surface area contributed by atoms with E-state index in [2.05, 4.69) is 13.8 Å². The Balaban J connectivity index is 1.85. The van der Waals surface area contributed by atoms with Gasteiger partial charge in [0.05, 0.1) is 10.6 Å². The van der Waals surface area contributed by atoms with Gasteiger partial charge in [-0.25, -0.2) is 8.42 Å². The molecule has 0 N–H and O–H groups in total. The summed E-state index contributed by atoms with van der Waals surface area (Å²) in [4.78, 5) is 13.2. The van der Waals surface area contributed by atoms with Crippen LogP contribution >= 0.6 is 0 Å². The van der Waals surface area contributed by atoms with Crippen LogP contribution in [0.2, 0.25) is 0 Å². The third kappa shape index (κ3) is 6.45. The maximum atomic E-state index is 13.4. The molecule has 3 aromatic carbocycles. The molecule has 3 aromatic rings. The van der Waals surface area contributed by atoms with Crippen molar-refractivity contribution in [3.05, 3.63) is 90.0 Å². The Bertz CT molecular complexity index is 1130. The monoisotopic (exact) mass is 465 g/mol. The normalized spacial score (nSPS) is 11.2. The Morgan fingerprint density at radius 2 is 1.39 bits per heavy atom. The van der Waals surface area contributed by atoms with E-state index in [9.17, 15) is 13.2 Å². The Morgan fingerprint density at radius 3 is 2.00 bits per heavy atom. The molecule has 0 fully saturated rings. The number of nitrogens with zero attached hydrogens (tertiary/aromatic N) is 1. The molecule has 0 aliphatic rings. The highest BCUT2D eigenvalue weighted by Crippen LogP contribution is 2.25. The zero-order valence-electron chi connectivity index (χ0n) is 19.2. The summed E-state index contributed by atoms with van der Waals surface area (Å²) in [5, 5.41) is 0. The number of aryl methyl sites for hydroxylation is 2. The first kappa shape index (κ1) is 24.5. The van der Waals surface area contributed by atoms with E-state index in [1.165, 1.54) is 17.7 Å². The van der Waals surface area contributed by atoms with E-state index in [0.29, 0.717) is 11.4 Å². The summed E-state index contributed by atoms with van der Waals surface area (Å²) in [5.41, 5.74) is 2.59. The molecule has 174 valence electrons. The molecule has 0 saturated heterocycles. The molecule has 33 heavy (non-hydrogen) atoms. The number of sulfonamides is 1. The van der Waals surface area contributed by atoms with Crippen molar-refractivity contribution < 1.29 is 17.9 Å². The summed E-state index contributed by atoms with van der Waals surface area (Å²) < 4.78 is 33.3. The number of carbonyl (C=O) groups excluding carboxylic acids is 1. The van der Waals surface area contributed by atoms with Crippen molar-refractivity contribution in [3.8, 4) is 5.75 Å². The van der Waals surface area contributed by atoms with Crippen LogP contribution in [0.4, 0.5) is 5.69 Å². The van der Waals surface area contributed by atoms with Gasteiger partial charge in [-0.15, -0.1) is 0 Å². The number of ether oxygens (including phenoxy) is 1. The van der Waals surface area contributed by atoms with Gasteiger partial charge >= 0.3 is 0 Å². The number of unbranched alkanes of at least 4 members (excludes halogenated alkanes) is 1. The maximum Gasteiger partial charge on any atom is 0.278 e. The topological polar surface area (TPSA) is 63.7 Å². The summed E-state index contributed by atoms with van der Waals surface area (Å²) in [7, 11) is -4.10. The molecule has 1 amide bonds. The number of anilines is 1. The van der Waals surface area contributed by atoms with Gasteiger partial charge in [0.2, 0.25) is 0 Å². The number of hydrogen-bond donors (Lipinski definition) is 0. The zero-order chi connectivity index (χ0) is 23.7. The van der Waals surface area contributed by atoms with Gasteiger partial charge < -0.3 is 4.74 Å². The summed E-state index contributed by atoms with van der Waals surface area (Å²) in [6.45, 7) is 3.84. The van der Waals surface area contributed by atoms with Crippen LogP contribution in [0.15, 0.2) is 83.8 Å². The molecule has 0 bridgehead atoms. The molecule has 0 unspecified atom stereocenters. The van der Waals surface area contributed by atoms with Crippen LogP contribution < -0.4 is 9.04 Å². The van der Waals surface area contributed by atoms with Crippen LogP contribution in [0.25, 0.3) is 0 Å². The third-order valence-corrected chi connectivity index (χ3v) is 7.09. The van der Waals surface area contributed by atoms with Gasteiger partial charge in [0.15, 0.2) is 6.61 Å². The van der Waals surface area contributed by atoms with E-state index in [4.69, 9.17) is 4.74 Å². The van der Waals surface area contributed by atoms with Gasteiger partial charge in [-0.2, -0.15) is 4.31 Å². The van der Waals surface area contributed by atoms with E-state index < -0.39 is 22.5 Å². The van der Waals surface area contributed by atoms with Crippen molar-refractivity contribution in [2.75, 3.05) is 10.9 Å². The van der Waals surface area contributed by atoms with Gasteiger partial charge in [0.25, 0.3) is 15.9 Å². The summed E-state index contributed by atoms with van der Waals surface area (Å²) in [6.07, 6.45) is 5.05. The van der Waals surface area contributed by atoms with E-state index in [1.807, 2.05) is 24.3 Å². The molecule has 0 aliphatic carbocycles. The molecule has 0 atom stereocenters. The van der Waals surface area contributed by atoms with Gasteiger partial charge in [-0.1, -0.05) is 69.2 Å². The molecule has 0 spiro atoms. The lowest BCUT2D eigenvalue weighted by Gasteiger charge is -2.23. The van der Waals surface area contributed by atoms with Crippen LogP contribution in [0.1, 0.15) is 44.2 Å². The molecular weight excluding hydrogens is 434 g/mol. The molecule has 5 nitrogen and oxygen atoms in total. The first-order valence-electron chi connectivity index (χ1n) is 11.4. The highest BCUT2D eigenvalue weighted by Gasteiger charge is 2.31.